The van der Waals surface area contributed by atoms with Gasteiger partial charge in [0.05, 0.1) is 20.6 Å². The van der Waals surface area contributed by atoms with Crippen LogP contribution in [0.3, 0.4) is 0 Å². The molecule has 4 rings (SSSR count). The van der Waals surface area contributed by atoms with Crippen LogP contribution in [0, 0.1) is 0 Å². The number of methoxy groups -OCH3 is 2. The van der Waals surface area contributed by atoms with E-state index in [2.05, 4.69) is 5.32 Å². The zero-order valence-corrected chi connectivity index (χ0v) is 18.4. The van der Waals surface area contributed by atoms with Gasteiger partial charge in [0.25, 0.3) is 0 Å². The predicted octanol–water partition coefficient (Wildman–Crippen LogP) is 2.50. The molecule has 31 heavy (non-hydrogen) atoms. The highest BCUT2D eigenvalue weighted by Gasteiger charge is 2.29. The second kappa shape index (κ2) is 9.30. The molecular formula is C22H25N3O5S. The molecule has 1 saturated heterocycles. The van der Waals surface area contributed by atoms with Crippen molar-refractivity contribution in [1.29, 1.82) is 0 Å². The number of hydrogen-bond acceptors (Lipinski definition) is 6. The first-order valence-corrected chi connectivity index (χ1v) is 10.5. The van der Waals surface area contributed by atoms with Crippen molar-refractivity contribution in [2.75, 3.05) is 34.1 Å². The second-order valence-corrected chi connectivity index (χ2v) is 7.56. The van der Waals surface area contributed by atoms with E-state index in [0.29, 0.717) is 47.7 Å². The van der Waals surface area contributed by atoms with Gasteiger partial charge in [-0.2, -0.15) is 0 Å². The summed E-state index contributed by atoms with van der Waals surface area (Å²) in [6.45, 7) is 1.99. The molecule has 0 aliphatic carbocycles. The summed E-state index contributed by atoms with van der Waals surface area (Å²) in [6.07, 6.45) is 1.12. The number of benzene rings is 2. The summed E-state index contributed by atoms with van der Waals surface area (Å²) in [7, 11) is 3.21. The molecule has 0 unspecified atom stereocenters. The highest BCUT2D eigenvalue weighted by molar-refractivity contribution is 7.80. The maximum Gasteiger partial charge on any atom is 0.245 e. The Hall–Kier alpha value is -3.20. The van der Waals surface area contributed by atoms with Gasteiger partial charge < -0.3 is 24.3 Å². The highest BCUT2D eigenvalue weighted by atomic mass is 32.1. The summed E-state index contributed by atoms with van der Waals surface area (Å²) in [4.78, 5) is 13.0. The van der Waals surface area contributed by atoms with Crippen molar-refractivity contribution in [3.63, 3.8) is 0 Å². The van der Waals surface area contributed by atoms with Crippen LogP contribution in [-0.2, 0) is 17.8 Å². The first-order chi connectivity index (χ1) is 15.1. The molecule has 2 aliphatic rings. The van der Waals surface area contributed by atoms with Crippen LogP contribution < -0.4 is 24.3 Å². The maximum atomic E-state index is 13.0. The third-order valence-corrected chi connectivity index (χ3v) is 5.62. The Morgan fingerprint density at radius 3 is 2.71 bits per heavy atom. The van der Waals surface area contributed by atoms with Crippen molar-refractivity contribution in [2.45, 2.75) is 19.4 Å². The van der Waals surface area contributed by atoms with Crippen LogP contribution in [0.15, 0.2) is 36.4 Å². The molecule has 164 valence electrons. The molecule has 8 nitrogen and oxygen atoms in total. The van der Waals surface area contributed by atoms with Crippen molar-refractivity contribution >= 4 is 23.2 Å². The fourth-order valence-corrected chi connectivity index (χ4v) is 4.02. The zero-order valence-electron chi connectivity index (χ0n) is 17.6. The molecule has 2 aromatic carbocycles. The number of ether oxygens (including phenoxy) is 4. The Morgan fingerprint density at radius 2 is 1.90 bits per heavy atom. The Morgan fingerprint density at radius 1 is 1.10 bits per heavy atom. The summed E-state index contributed by atoms with van der Waals surface area (Å²) in [6, 6.07) is 11.3. The van der Waals surface area contributed by atoms with Crippen LogP contribution in [0.1, 0.15) is 17.5 Å². The summed E-state index contributed by atoms with van der Waals surface area (Å²) in [5.41, 5.74) is 1.79. The number of hydrazine groups is 1. The van der Waals surface area contributed by atoms with Crippen molar-refractivity contribution < 1.29 is 23.7 Å². The van der Waals surface area contributed by atoms with Gasteiger partial charge in [0.1, 0.15) is 0 Å². The smallest absolute Gasteiger partial charge is 0.245 e. The van der Waals surface area contributed by atoms with Crippen molar-refractivity contribution in [3.05, 3.63) is 47.5 Å². The van der Waals surface area contributed by atoms with Gasteiger partial charge in [-0.1, -0.05) is 18.2 Å². The maximum absolute atomic E-state index is 13.0. The van der Waals surface area contributed by atoms with Gasteiger partial charge in [-0.15, -0.1) is 0 Å². The summed E-state index contributed by atoms with van der Waals surface area (Å²) >= 11 is 5.59. The minimum Gasteiger partial charge on any atom is -0.493 e. The van der Waals surface area contributed by atoms with Crippen LogP contribution in [-0.4, -0.2) is 55.1 Å². The summed E-state index contributed by atoms with van der Waals surface area (Å²) < 4.78 is 21.6. The van der Waals surface area contributed by atoms with E-state index in [-0.39, 0.29) is 19.1 Å². The number of nitrogens with one attached hydrogen (secondary N) is 1. The van der Waals surface area contributed by atoms with Gasteiger partial charge in [0, 0.05) is 25.2 Å². The molecule has 9 heteroatoms. The van der Waals surface area contributed by atoms with E-state index in [4.69, 9.17) is 31.2 Å². The Balaban J connectivity index is 1.39. The predicted molar refractivity (Wildman–Crippen MR) is 118 cm³/mol. The topological polar surface area (TPSA) is 72.5 Å². The first-order valence-electron chi connectivity index (χ1n) is 10.0. The number of nitrogens with zero attached hydrogens (tertiary/aromatic N) is 2. The fraction of sp³-hybridized carbons (Fsp3) is 0.364. The highest BCUT2D eigenvalue weighted by Crippen LogP contribution is 2.33. The normalized spacial score (nSPS) is 14.5. The molecular weight excluding hydrogens is 418 g/mol. The van der Waals surface area contributed by atoms with Crippen LogP contribution in [0.5, 0.6) is 23.0 Å². The van der Waals surface area contributed by atoms with E-state index >= 15 is 0 Å². The van der Waals surface area contributed by atoms with Crippen LogP contribution >= 0.6 is 12.2 Å². The van der Waals surface area contributed by atoms with Crippen molar-refractivity contribution in [1.82, 2.24) is 15.3 Å². The number of hydrogen-bond donors (Lipinski definition) is 1. The molecule has 0 spiro atoms. The van der Waals surface area contributed by atoms with Crippen molar-refractivity contribution in [2.24, 2.45) is 0 Å². The molecule has 0 radical (unpaired) electrons. The monoisotopic (exact) mass is 443 g/mol. The number of carbonyl (C=O) groups is 1. The Labute approximate surface area is 186 Å². The second-order valence-electron chi connectivity index (χ2n) is 7.17. The van der Waals surface area contributed by atoms with Gasteiger partial charge in [-0.3, -0.25) is 14.8 Å². The van der Waals surface area contributed by atoms with E-state index in [0.717, 1.165) is 17.5 Å². The minimum absolute atomic E-state index is 0.0144. The third-order valence-electron chi connectivity index (χ3n) is 5.26. The molecule has 0 bridgehead atoms. The SMILES string of the molecule is COc1cccc(CNC(=S)N2CCCN2C(=O)Cc2ccc3c(c2)OCO3)c1OC. The van der Waals surface area contributed by atoms with E-state index in [1.165, 1.54) is 0 Å². The van der Waals surface area contributed by atoms with Gasteiger partial charge in [-0.05, 0) is 42.4 Å². The number of thiocarbonyl (C=S) groups is 1. The molecule has 2 heterocycles. The lowest BCUT2D eigenvalue weighted by Gasteiger charge is -2.30. The van der Waals surface area contributed by atoms with Gasteiger partial charge >= 0.3 is 0 Å². The zero-order chi connectivity index (χ0) is 21.8. The number of rotatable bonds is 6. The van der Waals surface area contributed by atoms with Crippen LogP contribution in [0.4, 0.5) is 0 Å². The average Bonchev–Trinajstić information content (AvgIpc) is 3.46. The fourth-order valence-electron chi connectivity index (χ4n) is 3.75. The number of fused-ring (bicyclic) bond motifs is 1. The van der Waals surface area contributed by atoms with E-state index in [1.54, 1.807) is 19.2 Å². The van der Waals surface area contributed by atoms with E-state index < -0.39 is 0 Å². The largest absolute Gasteiger partial charge is 0.493 e. The van der Waals surface area contributed by atoms with Crippen molar-refractivity contribution in [3.8, 4) is 23.0 Å². The molecule has 1 amide bonds. The molecule has 2 aromatic rings. The van der Waals surface area contributed by atoms with Gasteiger partial charge in [0.15, 0.2) is 28.1 Å². The number of para-hydroxylation sites is 1. The average molecular weight is 444 g/mol. The number of amides is 1. The van der Waals surface area contributed by atoms with Crippen LogP contribution in [0.25, 0.3) is 0 Å². The van der Waals surface area contributed by atoms with Gasteiger partial charge in [-0.25, -0.2) is 0 Å². The molecule has 1 fully saturated rings. The third kappa shape index (κ3) is 4.46. The van der Waals surface area contributed by atoms with Gasteiger partial charge in [0.2, 0.25) is 12.7 Å². The quantitative estimate of drug-likeness (QED) is 0.683. The number of carbonyl (C=O) groups excluding carboxylic acids is 1. The Kier molecular flexibility index (Phi) is 6.31. The molecule has 0 atom stereocenters. The van der Waals surface area contributed by atoms with E-state index in [1.807, 2.05) is 41.4 Å². The summed E-state index contributed by atoms with van der Waals surface area (Å²) in [5, 5.41) is 7.28. The first kappa shape index (κ1) is 21.0. The van der Waals surface area contributed by atoms with E-state index in [9.17, 15) is 4.79 Å². The standard InChI is InChI=1S/C22H25N3O5S/c1-27-18-6-3-5-16(21(18)28-2)13-23-22(31)25-10-4-9-24(25)20(26)12-15-7-8-17-19(11-15)30-14-29-17/h3,5-8,11H,4,9-10,12-14H2,1-2H3,(H,23,31). The minimum atomic E-state index is -0.0144. The lowest BCUT2D eigenvalue weighted by Crippen LogP contribution is -2.49. The molecule has 2 aliphatic heterocycles. The molecule has 0 aromatic heterocycles. The summed E-state index contributed by atoms with van der Waals surface area (Å²) in [5.74, 6) is 2.69. The lowest BCUT2D eigenvalue weighted by molar-refractivity contribution is -0.138. The Bertz CT molecular complexity index is 984. The lowest BCUT2D eigenvalue weighted by atomic mass is 10.1. The molecule has 1 N–H and O–H groups in total. The van der Waals surface area contributed by atoms with Crippen LogP contribution in [0.2, 0.25) is 0 Å². The molecule has 0 saturated carbocycles.